The quantitative estimate of drug-likeness (QED) is 0.180. The van der Waals surface area contributed by atoms with Crippen molar-refractivity contribution in [3.05, 3.63) is 58.6 Å². The summed E-state index contributed by atoms with van der Waals surface area (Å²) in [5, 5.41) is 39.5. The van der Waals surface area contributed by atoms with Gasteiger partial charge < -0.3 is 25.4 Å². The number of hydrogen-bond donors (Lipinski definition) is 5. The van der Waals surface area contributed by atoms with Crippen LogP contribution >= 0.6 is 0 Å². The summed E-state index contributed by atoms with van der Waals surface area (Å²) in [7, 11) is 0. The molecule has 4 aromatic heterocycles. The molecule has 2 atom stereocenters. The Morgan fingerprint density at radius 1 is 0.857 bits per heavy atom. The molecule has 0 aromatic carbocycles. The number of nitrogens with two attached hydrogens (primary N) is 1. The monoisotopic (exact) mass is 573 g/mol. The summed E-state index contributed by atoms with van der Waals surface area (Å²) in [5.41, 5.74) is 13.0. The third-order valence-electron chi connectivity index (χ3n) is 7.11. The Bertz CT molecular complexity index is 1730. The van der Waals surface area contributed by atoms with Crippen LogP contribution in [0.25, 0.3) is 11.0 Å². The lowest BCUT2D eigenvalue weighted by Crippen LogP contribution is -2.54. The first-order valence-electron chi connectivity index (χ1n) is 13.6. The molecule has 4 aromatic rings. The van der Waals surface area contributed by atoms with Crippen LogP contribution in [0.15, 0.2) is 46.0 Å². The predicted molar refractivity (Wildman–Crippen MR) is 161 cm³/mol. The van der Waals surface area contributed by atoms with Crippen molar-refractivity contribution in [2.75, 3.05) is 13.2 Å². The number of rotatable bonds is 10. The highest BCUT2D eigenvalue weighted by atomic mass is 16.5. The third kappa shape index (κ3) is 5.49. The number of aliphatic imine (C=N–C) groups is 2. The molecule has 1 aliphatic rings. The topological polar surface area (TPSA) is 180 Å². The summed E-state index contributed by atoms with van der Waals surface area (Å²) in [6.07, 6.45) is 3.57. The summed E-state index contributed by atoms with van der Waals surface area (Å²) in [6.45, 7) is 7.82. The van der Waals surface area contributed by atoms with E-state index in [2.05, 4.69) is 25.5 Å². The third-order valence-corrected chi connectivity index (χ3v) is 7.11. The van der Waals surface area contributed by atoms with E-state index >= 15 is 0 Å². The van der Waals surface area contributed by atoms with Gasteiger partial charge in [-0.15, -0.1) is 10.2 Å². The maximum Gasteiger partial charge on any atom is 0.262 e. The summed E-state index contributed by atoms with van der Waals surface area (Å²) in [4.78, 5) is 9.06. The van der Waals surface area contributed by atoms with E-state index in [1.165, 1.54) is 6.08 Å². The lowest BCUT2D eigenvalue weighted by molar-refractivity contribution is 0.114. The zero-order chi connectivity index (χ0) is 30.0. The highest BCUT2D eigenvalue weighted by Crippen LogP contribution is 2.36. The molecule has 0 amide bonds. The molecular formula is C29H35N9O4. The fraction of sp³-hybridized carbons (Fsp3) is 0.345. The van der Waals surface area contributed by atoms with Crippen LogP contribution in [0, 0.1) is 33.1 Å². The van der Waals surface area contributed by atoms with Crippen LogP contribution < -0.4 is 20.5 Å². The number of aliphatic hydroxyl groups is 2. The van der Waals surface area contributed by atoms with E-state index in [9.17, 15) is 10.2 Å². The highest BCUT2D eigenvalue weighted by molar-refractivity contribution is 5.97. The number of aliphatic hydroxyl groups excluding tert-OH is 2. The Morgan fingerprint density at radius 3 is 1.81 bits per heavy atom. The predicted octanol–water partition coefficient (Wildman–Crippen LogP) is 2.96. The van der Waals surface area contributed by atoms with Gasteiger partial charge in [-0.05, 0) is 57.0 Å². The van der Waals surface area contributed by atoms with Crippen molar-refractivity contribution >= 4 is 40.5 Å². The second-order valence-corrected chi connectivity index (χ2v) is 10.0. The maximum absolute atomic E-state index is 9.25. The van der Waals surface area contributed by atoms with Gasteiger partial charge in [-0.3, -0.25) is 15.4 Å². The average Bonchev–Trinajstić information content (AvgIpc) is 3.49. The zero-order valence-corrected chi connectivity index (χ0v) is 24.0. The van der Waals surface area contributed by atoms with Gasteiger partial charge in [0, 0.05) is 49.9 Å². The number of aryl methyl sites for hydroxylation is 4. The van der Waals surface area contributed by atoms with Gasteiger partial charge in [-0.1, -0.05) is 12.1 Å². The Morgan fingerprint density at radius 2 is 1.33 bits per heavy atom. The molecule has 6 N–H and O–H groups in total. The first-order chi connectivity index (χ1) is 20.2. The molecule has 13 heteroatoms. The number of aromatic nitrogens is 4. The standard InChI is InChI=1S/C29H35N9O4/c1-16-7-9-22-24(32-11-5-13-39)28(35-37(22)18(16)3)41-26-20(30)15-21(31)27(34-26)42-29-25(33-12-6-14-40)23-10-8-17(2)19(4)38(23)36-29/h7-12,15,26-27,30,34,39-40H,5-6,13-14,31H2,1-4H3. The van der Waals surface area contributed by atoms with Gasteiger partial charge in [0.05, 0.1) is 22.4 Å². The minimum Gasteiger partial charge on any atom is -0.450 e. The minimum absolute atomic E-state index is 0.0355. The van der Waals surface area contributed by atoms with Gasteiger partial charge in [0.15, 0.2) is 23.8 Å². The minimum atomic E-state index is -0.970. The number of nitrogens with zero attached hydrogens (tertiary/aromatic N) is 6. The Balaban J connectivity index is 1.48. The average molecular weight is 574 g/mol. The van der Waals surface area contributed by atoms with Crippen LogP contribution in [0.3, 0.4) is 0 Å². The molecule has 0 bridgehead atoms. The van der Waals surface area contributed by atoms with Gasteiger partial charge >= 0.3 is 0 Å². The second kappa shape index (κ2) is 12.1. The molecule has 0 radical (unpaired) electrons. The van der Waals surface area contributed by atoms with E-state index in [0.717, 1.165) is 33.5 Å². The SMILES string of the molecule is Cc1ccc2c(N=CCCO)c(OC3NC(Oc4nn5c(C)c(C)ccc5c4N=CCCO)C(N)=CC3=N)nn2c1C. The van der Waals surface area contributed by atoms with E-state index in [-0.39, 0.29) is 36.4 Å². The summed E-state index contributed by atoms with van der Waals surface area (Å²) in [5.74, 6) is 0.438. The number of hydrogen-bond acceptors (Lipinski definition) is 11. The van der Waals surface area contributed by atoms with Crippen molar-refractivity contribution in [2.24, 2.45) is 15.7 Å². The van der Waals surface area contributed by atoms with Crippen LogP contribution in [0.2, 0.25) is 0 Å². The van der Waals surface area contributed by atoms with E-state index < -0.39 is 12.5 Å². The number of nitrogens with one attached hydrogen (secondary N) is 2. The molecular weight excluding hydrogens is 538 g/mol. The normalized spacial score (nSPS) is 17.7. The first kappa shape index (κ1) is 28.9. The highest BCUT2D eigenvalue weighted by Gasteiger charge is 2.32. The molecule has 0 spiro atoms. The molecule has 0 saturated heterocycles. The molecule has 5 rings (SSSR count). The summed E-state index contributed by atoms with van der Waals surface area (Å²) < 4.78 is 16.0. The van der Waals surface area contributed by atoms with Crippen molar-refractivity contribution in [3.63, 3.8) is 0 Å². The molecule has 0 fully saturated rings. The van der Waals surface area contributed by atoms with Crippen LogP contribution in [-0.2, 0) is 0 Å². The first-order valence-corrected chi connectivity index (χ1v) is 13.6. The van der Waals surface area contributed by atoms with Gasteiger partial charge in [0.25, 0.3) is 11.8 Å². The van der Waals surface area contributed by atoms with Crippen LogP contribution in [0.1, 0.15) is 35.4 Å². The van der Waals surface area contributed by atoms with Crippen LogP contribution in [0.5, 0.6) is 11.8 Å². The lowest BCUT2D eigenvalue weighted by Gasteiger charge is -2.29. The Hall–Kier alpha value is -4.59. The Kier molecular flexibility index (Phi) is 8.34. The lowest BCUT2D eigenvalue weighted by atomic mass is 10.2. The van der Waals surface area contributed by atoms with E-state index in [1.54, 1.807) is 21.5 Å². The zero-order valence-electron chi connectivity index (χ0n) is 24.0. The number of ether oxygens (including phenoxy) is 2. The number of pyridine rings is 2. The number of fused-ring (bicyclic) bond motifs is 2. The van der Waals surface area contributed by atoms with Crippen molar-refractivity contribution in [1.82, 2.24) is 24.5 Å². The summed E-state index contributed by atoms with van der Waals surface area (Å²) in [6, 6.07) is 7.78. The molecule has 42 heavy (non-hydrogen) atoms. The van der Waals surface area contributed by atoms with E-state index in [0.29, 0.717) is 24.2 Å². The fourth-order valence-corrected chi connectivity index (χ4v) is 4.50. The van der Waals surface area contributed by atoms with E-state index in [4.69, 9.17) is 20.6 Å². The molecule has 220 valence electrons. The van der Waals surface area contributed by atoms with Crippen LogP contribution in [0.4, 0.5) is 11.4 Å². The molecule has 0 saturated carbocycles. The van der Waals surface area contributed by atoms with Crippen LogP contribution in [-0.4, -0.2) is 73.3 Å². The largest absolute Gasteiger partial charge is 0.450 e. The van der Waals surface area contributed by atoms with Gasteiger partial charge in [-0.25, -0.2) is 14.3 Å². The second-order valence-electron chi connectivity index (χ2n) is 10.0. The smallest absolute Gasteiger partial charge is 0.262 e. The maximum atomic E-state index is 9.25. The van der Waals surface area contributed by atoms with E-state index in [1.807, 2.05) is 52.0 Å². The molecule has 5 heterocycles. The van der Waals surface area contributed by atoms with Gasteiger partial charge in [-0.2, -0.15) is 0 Å². The molecule has 13 nitrogen and oxygen atoms in total. The molecule has 0 aliphatic carbocycles. The van der Waals surface area contributed by atoms with Crippen molar-refractivity contribution in [1.29, 1.82) is 5.41 Å². The molecule has 2 unspecified atom stereocenters. The fourth-order valence-electron chi connectivity index (χ4n) is 4.50. The van der Waals surface area contributed by atoms with Gasteiger partial charge in [0.1, 0.15) is 0 Å². The van der Waals surface area contributed by atoms with Gasteiger partial charge in [0.2, 0.25) is 0 Å². The van der Waals surface area contributed by atoms with Crippen molar-refractivity contribution < 1.29 is 19.7 Å². The van der Waals surface area contributed by atoms with Crippen molar-refractivity contribution in [2.45, 2.75) is 53.0 Å². The Labute approximate surface area is 242 Å². The summed E-state index contributed by atoms with van der Waals surface area (Å²) >= 11 is 0. The molecule has 1 aliphatic heterocycles. The van der Waals surface area contributed by atoms with Crippen molar-refractivity contribution in [3.8, 4) is 11.8 Å².